The van der Waals surface area contributed by atoms with E-state index in [1.165, 1.54) is 24.4 Å². The second-order valence-corrected chi connectivity index (χ2v) is 11.8. The van der Waals surface area contributed by atoms with Crippen LogP contribution in [0, 0.1) is 5.82 Å². The van der Waals surface area contributed by atoms with Crippen LogP contribution in [0.1, 0.15) is 61.4 Å². The lowest BCUT2D eigenvalue weighted by Crippen LogP contribution is -2.45. The van der Waals surface area contributed by atoms with Gasteiger partial charge in [0.05, 0.1) is 29.0 Å². The summed E-state index contributed by atoms with van der Waals surface area (Å²) >= 11 is 6.10. The first-order valence-electron chi connectivity index (χ1n) is 14.7. The van der Waals surface area contributed by atoms with Gasteiger partial charge in [-0.2, -0.15) is 0 Å². The number of rotatable bonds is 10. The van der Waals surface area contributed by atoms with Gasteiger partial charge in [-0.1, -0.05) is 25.4 Å². The highest BCUT2D eigenvalue weighted by Gasteiger charge is 2.38. The van der Waals surface area contributed by atoms with Crippen LogP contribution in [0.4, 0.5) is 15.9 Å². The van der Waals surface area contributed by atoms with Crippen LogP contribution in [0.15, 0.2) is 42.9 Å². The first-order chi connectivity index (χ1) is 20.7. The number of nitrogens with one attached hydrogen (secondary N) is 2. The van der Waals surface area contributed by atoms with Crippen LogP contribution < -0.4 is 10.6 Å². The largest absolute Gasteiger partial charge is 0.392 e. The molecule has 2 saturated heterocycles. The normalized spacial score (nSPS) is 18.8. The molecule has 0 spiro atoms. The van der Waals surface area contributed by atoms with Gasteiger partial charge in [-0.15, -0.1) is 0 Å². The Bertz CT molecular complexity index is 1470. The van der Waals surface area contributed by atoms with Crippen LogP contribution in [0.3, 0.4) is 0 Å². The monoisotopic (exact) mass is 609 g/mol. The van der Waals surface area contributed by atoms with Crippen molar-refractivity contribution in [3.8, 4) is 11.4 Å². The van der Waals surface area contributed by atoms with Crippen molar-refractivity contribution >= 4 is 34.9 Å². The average Bonchev–Trinajstić information content (AvgIpc) is 3.66. The van der Waals surface area contributed by atoms with E-state index in [1.54, 1.807) is 18.5 Å². The molecule has 2 fully saturated rings. The van der Waals surface area contributed by atoms with Gasteiger partial charge >= 0.3 is 0 Å². The van der Waals surface area contributed by atoms with Gasteiger partial charge in [0.1, 0.15) is 11.6 Å². The number of nitrogens with zero attached hydrogens (tertiary/aromatic N) is 5. The third kappa shape index (κ3) is 7.29. The molecule has 0 saturated carbocycles. The highest BCUT2D eigenvalue weighted by molar-refractivity contribution is 6.30. The number of likely N-dealkylation sites (tertiary alicyclic amines) is 2. The third-order valence-electron chi connectivity index (χ3n) is 7.92. The molecule has 5 rings (SSSR count). The number of pyridine rings is 1. The predicted octanol–water partition coefficient (Wildman–Crippen LogP) is 4.38. The van der Waals surface area contributed by atoms with E-state index in [1.807, 2.05) is 23.6 Å². The van der Waals surface area contributed by atoms with E-state index < -0.39 is 11.9 Å². The van der Waals surface area contributed by atoms with Gasteiger partial charge in [0.25, 0.3) is 5.91 Å². The van der Waals surface area contributed by atoms with Crippen LogP contribution in [-0.4, -0.2) is 86.5 Å². The molecule has 2 aromatic heterocycles. The number of benzene rings is 1. The van der Waals surface area contributed by atoms with E-state index in [0.29, 0.717) is 54.6 Å². The van der Waals surface area contributed by atoms with E-state index in [-0.39, 0.29) is 35.2 Å². The number of aliphatic hydroxyl groups excluding tert-OH is 1. The van der Waals surface area contributed by atoms with E-state index in [2.05, 4.69) is 25.6 Å². The zero-order valence-electron chi connectivity index (χ0n) is 24.4. The number of hydrogen-bond donors (Lipinski definition) is 3. The second-order valence-electron chi connectivity index (χ2n) is 11.4. The summed E-state index contributed by atoms with van der Waals surface area (Å²) in [5.74, 6) is -0.0581. The summed E-state index contributed by atoms with van der Waals surface area (Å²) in [5, 5.41) is 16.8. The van der Waals surface area contributed by atoms with Crippen molar-refractivity contribution in [1.29, 1.82) is 0 Å². The summed E-state index contributed by atoms with van der Waals surface area (Å²) in [7, 11) is 0. The van der Waals surface area contributed by atoms with Crippen LogP contribution in [0.5, 0.6) is 0 Å². The molecule has 1 aromatic carbocycles. The molecule has 2 amide bonds. The quantitative estimate of drug-likeness (QED) is 0.290. The molecule has 3 N–H and O–H groups in total. The molecule has 4 heterocycles. The van der Waals surface area contributed by atoms with Gasteiger partial charge in [-0.25, -0.2) is 14.4 Å². The summed E-state index contributed by atoms with van der Waals surface area (Å²) in [4.78, 5) is 43.3. The first-order valence-corrected chi connectivity index (χ1v) is 15.1. The molecule has 0 unspecified atom stereocenters. The van der Waals surface area contributed by atoms with Crippen molar-refractivity contribution in [2.24, 2.45) is 0 Å². The first kappa shape index (κ1) is 30.8. The molecule has 2 aliphatic rings. The van der Waals surface area contributed by atoms with Crippen molar-refractivity contribution < 1.29 is 19.1 Å². The van der Waals surface area contributed by atoms with E-state index >= 15 is 0 Å². The molecule has 12 heteroatoms. The van der Waals surface area contributed by atoms with Gasteiger partial charge in [0.15, 0.2) is 5.82 Å². The van der Waals surface area contributed by atoms with Crippen molar-refractivity contribution in [1.82, 2.24) is 30.1 Å². The molecule has 2 atom stereocenters. The standard InChI is InChI=1S/C31H37ClFN7O3/c1-19(2)23-17-36-28(22-14-20(32)6-7-25(22)33)38-29(23)37-26-8-10-34-16-24(26)30(42)35-9-5-13-40-18-21(41)15-27(40)31(43)39-11-3-4-12-39/h6-8,10,14,16-17,19,21,27,41H,3-5,9,11-13,15,18H2,1-2H3,(H,35,42)(H,34,36,37,38)/t21-,27+/m1/s1. The molecule has 3 aromatic rings. The molecule has 2 aliphatic heterocycles. The Morgan fingerprint density at radius 2 is 1.98 bits per heavy atom. The smallest absolute Gasteiger partial charge is 0.254 e. The lowest BCUT2D eigenvalue weighted by Gasteiger charge is -2.27. The van der Waals surface area contributed by atoms with Gasteiger partial charge in [-0.3, -0.25) is 19.5 Å². The van der Waals surface area contributed by atoms with Crippen LogP contribution in [0.2, 0.25) is 5.02 Å². The fourth-order valence-electron chi connectivity index (χ4n) is 5.64. The molecule has 43 heavy (non-hydrogen) atoms. The molecular formula is C31H37ClFN7O3. The Hall–Kier alpha value is -3.67. The van der Waals surface area contributed by atoms with Gasteiger partial charge in [0.2, 0.25) is 5.91 Å². The topological polar surface area (TPSA) is 124 Å². The van der Waals surface area contributed by atoms with Gasteiger partial charge in [-0.05, 0) is 55.9 Å². The highest BCUT2D eigenvalue weighted by atomic mass is 35.5. The summed E-state index contributed by atoms with van der Waals surface area (Å²) in [6.07, 6.45) is 7.28. The number of β-amino-alcohol motifs (C(OH)–C–C–N with tert-alkyl or cyclic N) is 1. The number of halogens is 2. The Kier molecular flexibility index (Phi) is 9.84. The minimum atomic E-state index is -0.524. The molecule has 0 radical (unpaired) electrons. The average molecular weight is 610 g/mol. The lowest BCUT2D eigenvalue weighted by atomic mass is 10.1. The number of carbonyl (C=O) groups excluding carboxylic acids is 2. The van der Waals surface area contributed by atoms with Crippen molar-refractivity contribution in [3.63, 3.8) is 0 Å². The summed E-state index contributed by atoms with van der Waals surface area (Å²) in [6, 6.07) is 5.58. The van der Waals surface area contributed by atoms with Crippen LogP contribution in [0.25, 0.3) is 11.4 Å². The van der Waals surface area contributed by atoms with Crippen molar-refractivity contribution in [2.75, 3.05) is 38.0 Å². The minimum Gasteiger partial charge on any atom is -0.392 e. The summed E-state index contributed by atoms with van der Waals surface area (Å²) < 4.78 is 14.6. The maximum absolute atomic E-state index is 14.6. The highest BCUT2D eigenvalue weighted by Crippen LogP contribution is 2.30. The number of anilines is 2. The Balaban J connectivity index is 1.25. The van der Waals surface area contributed by atoms with E-state index in [9.17, 15) is 19.1 Å². The number of hydrogen-bond acceptors (Lipinski definition) is 8. The van der Waals surface area contributed by atoms with Gasteiger partial charge < -0.3 is 20.6 Å². The lowest BCUT2D eigenvalue weighted by molar-refractivity contribution is -0.134. The SMILES string of the molecule is CC(C)c1cnc(-c2cc(Cl)ccc2F)nc1Nc1ccncc1C(=O)NCCCN1C[C@H](O)C[C@H]1C(=O)N1CCCC1. The zero-order valence-corrected chi connectivity index (χ0v) is 25.1. The maximum atomic E-state index is 14.6. The fraction of sp³-hybridized carbons (Fsp3) is 0.452. The Morgan fingerprint density at radius 1 is 1.19 bits per heavy atom. The Labute approximate surface area is 255 Å². The molecule has 10 nitrogen and oxygen atoms in total. The van der Waals surface area contributed by atoms with Gasteiger partial charge in [0, 0.05) is 61.9 Å². The minimum absolute atomic E-state index is 0.0464. The van der Waals surface area contributed by atoms with Crippen LogP contribution in [-0.2, 0) is 4.79 Å². The maximum Gasteiger partial charge on any atom is 0.254 e. The molecule has 228 valence electrons. The Morgan fingerprint density at radius 3 is 2.74 bits per heavy atom. The van der Waals surface area contributed by atoms with E-state index in [4.69, 9.17) is 11.6 Å². The second kappa shape index (κ2) is 13.7. The zero-order chi connectivity index (χ0) is 30.5. The third-order valence-corrected chi connectivity index (χ3v) is 8.15. The molecule has 0 aliphatic carbocycles. The molecular weight excluding hydrogens is 573 g/mol. The number of aromatic nitrogens is 3. The molecule has 0 bridgehead atoms. The predicted molar refractivity (Wildman–Crippen MR) is 163 cm³/mol. The van der Waals surface area contributed by atoms with Crippen molar-refractivity contribution in [2.45, 2.75) is 57.6 Å². The fourth-order valence-corrected chi connectivity index (χ4v) is 5.81. The van der Waals surface area contributed by atoms with Crippen LogP contribution >= 0.6 is 11.6 Å². The summed E-state index contributed by atoms with van der Waals surface area (Å²) in [5.41, 5.74) is 1.78. The number of carbonyl (C=O) groups is 2. The van der Waals surface area contributed by atoms with Crippen molar-refractivity contribution in [3.05, 3.63) is 64.8 Å². The number of amides is 2. The number of aliphatic hydroxyl groups is 1. The summed E-state index contributed by atoms with van der Waals surface area (Å²) in [6.45, 7) is 6.97. The van der Waals surface area contributed by atoms with E-state index in [0.717, 1.165) is 31.5 Å².